The van der Waals surface area contributed by atoms with Crippen LogP contribution in [0.5, 0.6) is 5.75 Å². The fourth-order valence-corrected chi connectivity index (χ4v) is 1.73. The molecule has 94 valence electrons. The fourth-order valence-electron chi connectivity index (χ4n) is 1.54. The predicted molar refractivity (Wildman–Crippen MR) is 67.9 cm³/mol. The van der Waals surface area contributed by atoms with Gasteiger partial charge in [0.1, 0.15) is 0 Å². The van der Waals surface area contributed by atoms with Gasteiger partial charge in [0, 0.05) is 11.4 Å². The standard InChI is InChI=1S/C12H16ClNO3/c1-10-6-5-7-11(12(10)14(15)16)17-9-4-2-3-8-13/h5-7H,2-4,8-9H2,1H3. The highest BCUT2D eigenvalue weighted by atomic mass is 35.5. The summed E-state index contributed by atoms with van der Waals surface area (Å²) < 4.78 is 5.44. The molecule has 0 radical (unpaired) electrons. The highest BCUT2D eigenvalue weighted by molar-refractivity contribution is 6.17. The molecule has 4 nitrogen and oxygen atoms in total. The number of alkyl halides is 1. The van der Waals surface area contributed by atoms with Crippen LogP contribution in [0.3, 0.4) is 0 Å². The van der Waals surface area contributed by atoms with E-state index in [4.69, 9.17) is 16.3 Å². The summed E-state index contributed by atoms with van der Waals surface area (Å²) in [7, 11) is 0. The third-order valence-electron chi connectivity index (χ3n) is 2.42. The zero-order valence-electron chi connectivity index (χ0n) is 9.82. The number of para-hydroxylation sites is 1. The Morgan fingerprint density at radius 2 is 2.12 bits per heavy atom. The van der Waals surface area contributed by atoms with Crippen molar-refractivity contribution in [2.45, 2.75) is 26.2 Å². The number of nitro groups is 1. The van der Waals surface area contributed by atoms with E-state index in [0.717, 1.165) is 19.3 Å². The van der Waals surface area contributed by atoms with Gasteiger partial charge in [-0.3, -0.25) is 10.1 Å². The number of nitrogens with zero attached hydrogens (tertiary/aromatic N) is 1. The summed E-state index contributed by atoms with van der Waals surface area (Å²) >= 11 is 5.55. The SMILES string of the molecule is Cc1cccc(OCCCCCCl)c1[N+](=O)[O-]. The molecule has 0 atom stereocenters. The second kappa shape index (κ2) is 7.12. The van der Waals surface area contributed by atoms with E-state index in [2.05, 4.69) is 0 Å². The monoisotopic (exact) mass is 257 g/mol. The van der Waals surface area contributed by atoms with E-state index in [0.29, 0.717) is 23.8 Å². The smallest absolute Gasteiger partial charge is 0.313 e. The zero-order chi connectivity index (χ0) is 12.7. The summed E-state index contributed by atoms with van der Waals surface area (Å²) in [5, 5.41) is 10.9. The van der Waals surface area contributed by atoms with Crippen molar-refractivity contribution in [3.05, 3.63) is 33.9 Å². The van der Waals surface area contributed by atoms with Crippen LogP contribution in [0.4, 0.5) is 5.69 Å². The van der Waals surface area contributed by atoms with Gasteiger partial charge in [0.15, 0.2) is 5.75 Å². The first-order valence-corrected chi connectivity index (χ1v) is 6.13. The van der Waals surface area contributed by atoms with Crippen molar-refractivity contribution in [2.24, 2.45) is 0 Å². The maximum absolute atomic E-state index is 10.9. The fraction of sp³-hybridized carbons (Fsp3) is 0.500. The minimum atomic E-state index is -0.399. The molecule has 0 N–H and O–H groups in total. The quantitative estimate of drug-likeness (QED) is 0.324. The first kappa shape index (κ1) is 13.8. The molecule has 0 fully saturated rings. The number of hydrogen-bond donors (Lipinski definition) is 0. The second-order valence-corrected chi connectivity index (χ2v) is 4.15. The van der Waals surface area contributed by atoms with Crippen molar-refractivity contribution in [1.29, 1.82) is 0 Å². The molecule has 0 heterocycles. The lowest BCUT2D eigenvalue weighted by molar-refractivity contribution is -0.386. The summed E-state index contributed by atoms with van der Waals surface area (Å²) in [6, 6.07) is 5.10. The van der Waals surface area contributed by atoms with Crippen molar-refractivity contribution in [3.63, 3.8) is 0 Å². The number of benzene rings is 1. The lowest BCUT2D eigenvalue weighted by Gasteiger charge is -2.07. The Labute approximate surface area is 106 Å². The van der Waals surface area contributed by atoms with Crippen LogP contribution in [-0.2, 0) is 0 Å². The summed E-state index contributed by atoms with van der Waals surface area (Å²) in [5.41, 5.74) is 0.679. The average Bonchev–Trinajstić information content (AvgIpc) is 2.28. The summed E-state index contributed by atoms with van der Waals surface area (Å²) in [5.74, 6) is 0.991. The molecule has 0 aliphatic heterocycles. The van der Waals surface area contributed by atoms with E-state index in [-0.39, 0.29) is 5.69 Å². The van der Waals surface area contributed by atoms with Crippen LogP contribution in [0, 0.1) is 17.0 Å². The lowest BCUT2D eigenvalue weighted by Crippen LogP contribution is -2.02. The van der Waals surface area contributed by atoms with Crippen LogP contribution in [0.25, 0.3) is 0 Å². The van der Waals surface area contributed by atoms with Crippen molar-refractivity contribution in [3.8, 4) is 5.75 Å². The van der Waals surface area contributed by atoms with Crippen molar-refractivity contribution >= 4 is 17.3 Å². The van der Waals surface area contributed by atoms with Crippen LogP contribution < -0.4 is 4.74 Å². The van der Waals surface area contributed by atoms with Gasteiger partial charge >= 0.3 is 5.69 Å². The van der Waals surface area contributed by atoms with Crippen molar-refractivity contribution in [1.82, 2.24) is 0 Å². The first-order valence-electron chi connectivity index (χ1n) is 5.59. The topological polar surface area (TPSA) is 52.4 Å². The average molecular weight is 258 g/mol. The molecule has 1 rings (SSSR count). The van der Waals surface area contributed by atoms with E-state index in [1.165, 1.54) is 0 Å². The summed E-state index contributed by atoms with van der Waals surface area (Å²) in [6.45, 7) is 2.19. The number of nitro benzene ring substituents is 1. The van der Waals surface area contributed by atoms with Crippen molar-refractivity contribution < 1.29 is 9.66 Å². The molecule has 0 bridgehead atoms. The van der Waals surface area contributed by atoms with E-state index < -0.39 is 4.92 Å². The molecule has 0 aliphatic rings. The number of rotatable bonds is 7. The third-order valence-corrected chi connectivity index (χ3v) is 2.69. The molecule has 17 heavy (non-hydrogen) atoms. The molecule has 5 heteroatoms. The van der Waals surface area contributed by atoms with Crippen LogP contribution >= 0.6 is 11.6 Å². The van der Waals surface area contributed by atoms with Gasteiger partial charge in [-0.2, -0.15) is 0 Å². The Morgan fingerprint density at radius 1 is 1.35 bits per heavy atom. The van der Waals surface area contributed by atoms with E-state index >= 15 is 0 Å². The Kier molecular flexibility index (Phi) is 5.77. The molecule has 0 unspecified atom stereocenters. The molecular formula is C12H16ClNO3. The van der Waals surface area contributed by atoms with Gasteiger partial charge in [0.2, 0.25) is 0 Å². The molecule has 0 aliphatic carbocycles. The normalized spacial score (nSPS) is 10.2. The molecule has 0 saturated heterocycles. The van der Waals surface area contributed by atoms with Gasteiger partial charge in [-0.05, 0) is 32.3 Å². The van der Waals surface area contributed by atoms with Crippen LogP contribution in [0.2, 0.25) is 0 Å². The van der Waals surface area contributed by atoms with Gasteiger partial charge in [-0.15, -0.1) is 11.6 Å². The highest BCUT2D eigenvalue weighted by Crippen LogP contribution is 2.30. The number of hydrogen-bond acceptors (Lipinski definition) is 3. The maximum Gasteiger partial charge on any atom is 0.313 e. The third kappa shape index (κ3) is 4.23. The second-order valence-electron chi connectivity index (χ2n) is 3.78. The number of aryl methyl sites for hydroxylation is 1. The van der Waals surface area contributed by atoms with Gasteiger partial charge in [-0.1, -0.05) is 12.1 Å². The molecule has 1 aromatic carbocycles. The minimum absolute atomic E-state index is 0.0600. The van der Waals surface area contributed by atoms with Gasteiger partial charge in [0.25, 0.3) is 0 Å². The Bertz CT molecular complexity index is 382. The minimum Gasteiger partial charge on any atom is -0.487 e. The van der Waals surface area contributed by atoms with Crippen molar-refractivity contribution in [2.75, 3.05) is 12.5 Å². The zero-order valence-corrected chi connectivity index (χ0v) is 10.6. The highest BCUT2D eigenvalue weighted by Gasteiger charge is 2.17. The van der Waals surface area contributed by atoms with E-state index in [1.807, 2.05) is 0 Å². The van der Waals surface area contributed by atoms with Gasteiger partial charge in [0.05, 0.1) is 11.5 Å². The largest absolute Gasteiger partial charge is 0.487 e. The van der Waals surface area contributed by atoms with E-state index in [9.17, 15) is 10.1 Å². The number of halogens is 1. The van der Waals surface area contributed by atoms with Gasteiger partial charge in [-0.25, -0.2) is 0 Å². The first-order chi connectivity index (χ1) is 8.16. The molecule has 0 saturated carbocycles. The Balaban J connectivity index is 2.58. The summed E-state index contributed by atoms with van der Waals surface area (Å²) in [4.78, 5) is 10.5. The maximum atomic E-state index is 10.9. The molecule has 0 spiro atoms. The summed E-state index contributed by atoms with van der Waals surface area (Å²) in [6.07, 6.45) is 2.78. The van der Waals surface area contributed by atoms with E-state index in [1.54, 1.807) is 25.1 Å². The van der Waals surface area contributed by atoms with Crippen LogP contribution in [0.15, 0.2) is 18.2 Å². The molecule has 0 aromatic heterocycles. The Morgan fingerprint density at radius 3 is 2.76 bits per heavy atom. The van der Waals surface area contributed by atoms with Crippen LogP contribution in [-0.4, -0.2) is 17.4 Å². The molecule has 0 amide bonds. The van der Waals surface area contributed by atoms with Gasteiger partial charge < -0.3 is 4.74 Å². The number of unbranched alkanes of at least 4 members (excludes halogenated alkanes) is 2. The van der Waals surface area contributed by atoms with Crippen LogP contribution in [0.1, 0.15) is 24.8 Å². The predicted octanol–water partition coefficient (Wildman–Crippen LogP) is 3.69. The lowest BCUT2D eigenvalue weighted by atomic mass is 10.2. The molecule has 1 aromatic rings. The molecular weight excluding hydrogens is 242 g/mol. The number of ether oxygens (including phenoxy) is 1. The Hall–Kier alpha value is -1.29.